The Balaban J connectivity index is 1.38. The Morgan fingerprint density at radius 1 is 0.829 bits per heavy atom. The van der Waals surface area contributed by atoms with Crippen LogP contribution in [-0.2, 0) is 0 Å². The van der Waals surface area contributed by atoms with Crippen molar-refractivity contribution in [3.05, 3.63) is 126 Å². The van der Waals surface area contributed by atoms with Crippen LogP contribution in [0.3, 0.4) is 0 Å². The standard InChI is InChI=1S/C33H30N4O3S/c1-21-20-29(22(2)36(21)23-7-11-25(38)12-8-23)32-31(30-6-4-5-19-34-30)35-33(41)37(32)24-9-13-27(14-10-24)40-28-17-15-26(39-3)16-18-28/h4-20,31-32,38H,1-3H3,(H,35,41)/t31-,32+/m0/s1. The van der Waals surface area contributed by atoms with Crippen LogP contribution in [-0.4, -0.2) is 26.9 Å². The molecule has 0 spiro atoms. The number of nitrogens with one attached hydrogen (secondary N) is 1. The molecule has 7 nitrogen and oxygen atoms in total. The summed E-state index contributed by atoms with van der Waals surface area (Å²) in [5.74, 6) is 2.47. The van der Waals surface area contributed by atoms with E-state index in [1.807, 2.05) is 85.1 Å². The number of pyridine rings is 1. The summed E-state index contributed by atoms with van der Waals surface area (Å²) in [5, 5.41) is 14.0. The van der Waals surface area contributed by atoms with E-state index in [1.54, 1.807) is 19.2 Å². The zero-order chi connectivity index (χ0) is 28.5. The summed E-state index contributed by atoms with van der Waals surface area (Å²) in [6, 6.07) is 30.6. The number of benzene rings is 3. The first-order chi connectivity index (χ1) is 19.9. The molecule has 5 aromatic rings. The second-order valence-corrected chi connectivity index (χ2v) is 10.3. The zero-order valence-corrected chi connectivity index (χ0v) is 23.8. The minimum atomic E-state index is -0.160. The van der Waals surface area contributed by atoms with Crippen LogP contribution in [0.25, 0.3) is 5.69 Å². The molecule has 0 bridgehead atoms. The number of hydrogen-bond acceptors (Lipinski definition) is 5. The molecule has 0 amide bonds. The van der Waals surface area contributed by atoms with Gasteiger partial charge in [0.1, 0.15) is 23.0 Å². The van der Waals surface area contributed by atoms with Crippen LogP contribution < -0.4 is 19.7 Å². The molecule has 2 N–H and O–H groups in total. The maximum Gasteiger partial charge on any atom is 0.174 e. The van der Waals surface area contributed by atoms with Crippen LogP contribution in [0.2, 0.25) is 0 Å². The largest absolute Gasteiger partial charge is 0.508 e. The number of methoxy groups -OCH3 is 1. The first kappa shape index (κ1) is 26.4. The molecule has 1 saturated heterocycles. The number of aromatic hydroxyl groups is 1. The Bertz CT molecular complexity index is 1670. The van der Waals surface area contributed by atoms with Crippen molar-refractivity contribution in [1.82, 2.24) is 14.9 Å². The van der Waals surface area contributed by atoms with E-state index in [0.29, 0.717) is 5.11 Å². The third kappa shape index (κ3) is 5.10. The van der Waals surface area contributed by atoms with Crippen molar-refractivity contribution < 1.29 is 14.6 Å². The first-order valence-corrected chi connectivity index (χ1v) is 13.7. The molecule has 2 atom stereocenters. The Kier molecular flexibility index (Phi) is 7.07. The fourth-order valence-electron chi connectivity index (χ4n) is 5.49. The normalized spacial score (nSPS) is 16.5. The van der Waals surface area contributed by atoms with Crippen LogP contribution in [0, 0.1) is 13.8 Å². The summed E-state index contributed by atoms with van der Waals surface area (Å²) in [7, 11) is 1.64. The minimum Gasteiger partial charge on any atom is -0.508 e. The molecule has 8 heteroatoms. The predicted molar refractivity (Wildman–Crippen MR) is 164 cm³/mol. The molecule has 0 saturated carbocycles. The zero-order valence-electron chi connectivity index (χ0n) is 23.0. The van der Waals surface area contributed by atoms with Crippen LogP contribution in [0.15, 0.2) is 103 Å². The van der Waals surface area contributed by atoms with Crippen molar-refractivity contribution in [2.75, 3.05) is 12.0 Å². The molecule has 1 fully saturated rings. The summed E-state index contributed by atoms with van der Waals surface area (Å²) < 4.78 is 13.5. The van der Waals surface area contributed by atoms with Crippen LogP contribution >= 0.6 is 12.2 Å². The number of nitrogens with zero attached hydrogens (tertiary/aromatic N) is 3. The van der Waals surface area contributed by atoms with Crippen LogP contribution in [0.4, 0.5) is 5.69 Å². The lowest BCUT2D eigenvalue weighted by molar-refractivity contribution is 0.413. The molecule has 0 aliphatic carbocycles. The Morgan fingerprint density at radius 2 is 1.46 bits per heavy atom. The number of thiocarbonyl (C=S) groups is 1. The highest BCUT2D eigenvalue weighted by atomic mass is 32.1. The molecule has 3 heterocycles. The van der Waals surface area contributed by atoms with Crippen molar-refractivity contribution in [3.8, 4) is 28.7 Å². The average Bonchev–Trinajstić information content (AvgIpc) is 3.49. The monoisotopic (exact) mass is 562 g/mol. The highest BCUT2D eigenvalue weighted by Gasteiger charge is 2.42. The summed E-state index contributed by atoms with van der Waals surface area (Å²) in [5.41, 5.74) is 6.16. The van der Waals surface area contributed by atoms with E-state index < -0.39 is 0 Å². The molecular weight excluding hydrogens is 532 g/mol. The van der Waals surface area contributed by atoms with Gasteiger partial charge in [0.15, 0.2) is 5.11 Å². The number of aromatic nitrogens is 2. The SMILES string of the molecule is COc1ccc(Oc2ccc(N3C(=S)N[C@@H](c4ccccn4)[C@H]3c3cc(C)n(-c4ccc(O)cc4)c3C)cc2)cc1. The van der Waals surface area contributed by atoms with E-state index >= 15 is 0 Å². The number of ether oxygens (including phenoxy) is 2. The molecule has 206 valence electrons. The quantitative estimate of drug-likeness (QED) is 0.204. The molecule has 41 heavy (non-hydrogen) atoms. The van der Waals surface area contributed by atoms with Crippen molar-refractivity contribution >= 4 is 23.0 Å². The maximum atomic E-state index is 9.83. The molecule has 1 aliphatic rings. The average molecular weight is 563 g/mol. The summed E-state index contributed by atoms with van der Waals surface area (Å²) in [6.45, 7) is 4.21. The van der Waals surface area contributed by atoms with Crippen molar-refractivity contribution in [1.29, 1.82) is 0 Å². The van der Waals surface area contributed by atoms with Crippen molar-refractivity contribution in [2.45, 2.75) is 25.9 Å². The Morgan fingerprint density at radius 3 is 2.10 bits per heavy atom. The van der Waals surface area contributed by atoms with Gasteiger partial charge in [0.05, 0.1) is 24.9 Å². The highest BCUT2D eigenvalue weighted by Crippen LogP contribution is 2.44. The fraction of sp³-hybridized carbons (Fsp3) is 0.152. The lowest BCUT2D eigenvalue weighted by Gasteiger charge is -2.28. The maximum absolute atomic E-state index is 9.83. The highest BCUT2D eigenvalue weighted by molar-refractivity contribution is 7.80. The van der Waals surface area contributed by atoms with Crippen molar-refractivity contribution in [2.24, 2.45) is 0 Å². The fourth-order valence-corrected chi connectivity index (χ4v) is 5.84. The smallest absolute Gasteiger partial charge is 0.174 e. The number of aryl methyl sites for hydroxylation is 1. The van der Waals surface area contributed by atoms with E-state index in [1.165, 1.54) is 0 Å². The topological polar surface area (TPSA) is 71.8 Å². The van der Waals surface area contributed by atoms with Gasteiger partial charge in [0.25, 0.3) is 0 Å². The van der Waals surface area contributed by atoms with Gasteiger partial charge < -0.3 is 29.4 Å². The van der Waals surface area contributed by atoms with E-state index in [0.717, 1.165) is 51.3 Å². The van der Waals surface area contributed by atoms with Crippen LogP contribution in [0.1, 0.15) is 34.7 Å². The van der Waals surface area contributed by atoms with E-state index in [4.69, 9.17) is 21.7 Å². The predicted octanol–water partition coefficient (Wildman–Crippen LogP) is 7.17. The number of phenols is 1. The van der Waals surface area contributed by atoms with Crippen molar-refractivity contribution in [3.63, 3.8) is 0 Å². The van der Waals surface area contributed by atoms with Gasteiger partial charge in [-0.2, -0.15) is 0 Å². The van der Waals surface area contributed by atoms with E-state index in [2.05, 4.69) is 39.7 Å². The number of anilines is 1. The minimum absolute atomic E-state index is 0.150. The summed E-state index contributed by atoms with van der Waals surface area (Å²) in [4.78, 5) is 6.85. The molecule has 6 rings (SSSR count). The van der Waals surface area contributed by atoms with Gasteiger partial charge in [-0.05, 0) is 123 Å². The van der Waals surface area contributed by atoms with Crippen LogP contribution in [0.5, 0.6) is 23.0 Å². The first-order valence-electron chi connectivity index (χ1n) is 13.3. The molecule has 1 aliphatic heterocycles. The third-order valence-electron chi connectivity index (χ3n) is 7.40. The third-order valence-corrected chi connectivity index (χ3v) is 7.72. The summed E-state index contributed by atoms with van der Waals surface area (Å²) >= 11 is 5.94. The lowest BCUT2D eigenvalue weighted by atomic mass is 9.96. The molecule has 2 aromatic heterocycles. The van der Waals surface area contributed by atoms with E-state index in [9.17, 15) is 5.11 Å². The van der Waals surface area contributed by atoms with Gasteiger partial charge in [0, 0.05) is 29.0 Å². The second-order valence-electron chi connectivity index (χ2n) is 9.95. The second kappa shape index (κ2) is 11.0. The van der Waals surface area contributed by atoms with Gasteiger partial charge in [-0.15, -0.1) is 0 Å². The van der Waals surface area contributed by atoms with Gasteiger partial charge >= 0.3 is 0 Å². The van der Waals surface area contributed by atoms with Gasteiger partial charge in [-0.3, -0.25) is 4.98 Å². The summed E-state index contributed by atoms with van der Waals surface area (Å²) in [6.07, 6.45) is 1.81. The van der Waals surface area contributed by atoms with Gasteiger partial charge in [-0.25, -0.2) is 0 Å². The molecular formula is C33H30N4O3S. The number of phenolic OH excluding ortho intramolecular Hbond substituents is 1. The lowest BCUT2D eigenvalue weighted by Crippen LogP contribution is -2.29. The van der Waals surface area contributed by atoms with E-state index in [-0.39, 0.29) is 17.8 Å². The molecule has 0 unspecified atom stereocenters. The number of rotatable bonds is 7. The molecule has 0 radical (unpaired) electrons. The number of hydrogen-bond donors (Lipinski definition) is 2. The molecule has 3 aromatic carbocycles. The van der Waals surface area contributed by atoms with Gasteiger partial charge in [-0.1, -0.05) is 6.07 Å². The van der Waals surface area contributed by atoms with Gasteiger partial charge in [0.2, 0.25) is 0 Å². The Labute approximate surface area is 244 Å². The Hall–Kier alpha value is -4.82.